The molecule has 1 N–H and O–H groups in total. The molecule has 0 aromatic heterocycles. The summed E-state index contributed by atoms with van der Waals surface area (Å²) in [6.45, 7) is 0. The molecule has 1 fully saturated rings. The molecule has 17 heavy (non-hydrogen) atoms. The summed E-state index contributed by atoms with van der Waals surface area (Å²) in [5.41, 5.74) is 1.53. The largest absolute Gasteiger partial charge is 0.515 e. The molecule has 0 saturated heterocycles. The van der Waals surface area contributed by atoms with Crippen molar-refractivity contribution < 1.29 is 14.6 Å². The second kappa shape index (κ2) is 5.04. The molecule has 0 radical (unpaired) electrons. The number of aliphatic hydroxyl groups is 1. The molecule has 1 aromatic carbocycles. The third kappa shape index (κ3) is 2.33. The van der Waals surface area contributed by atoms with Crippen molar-refractivity contribution in [2.75, 3.05) is 7.11 Å². The van der Waals surface area contributed by atoms with E-state index in [9.17, 15) is 4.79 Å². The maximum Gasteiger partial charge on any atom is 0.169 e. The van der Waals surface area contributed by atoms with Crippen LogP contribution in [-0.2, 0) is 4.79 Å². The fraction of sp³-hybridized carbons (Fsp3) is 0.357. The van der Waals surface area contributed by atoms with Gasteiger partial charge in [0, 0.05) is 11.5 Å². The molecule has 2 rings (SSSR count). The minimum Gasteiger partial charge on any atom is -0.515 e. The Hall–Kier alpha value is -1.77. The van der Waals surface area contributed by atoms with Crippen LogP contribution >= 0.6 is 0 Å². The first kappa shape index (κ1) is 11.7. The third-order valence-electron chi connectivity index (χ3n) is 3.25. The van der Waals surface area contributed by atoms with Gasteiger partial charge in [-0.3, -0.25) is 4.79 Å². The van der Waals surface area contributed by atoms with Crippen molar-refractivity contribution in [3.05, 3.63) is 41.7 Å². The van der Waals surface area contributed by atoms with E-state index in [1.807, 2.05) is 24.3 Å². The van der Waals surface area contributed by atoms with Gasteiger partial charge in [-0.05, 0) is 37.0 Å². The van der Waals surface area contributed by atoms with Crippen molar-refractivity contribution >= 4 is 5.78 Å². The Morgan fingerprint density at radius 3 is 2.65 bits per heavy atom. The van der Waals surface area contributed by atoms with Crippen LogP contribution in [0.5, 0.6) is 5.75 Å². The number of rotatable bonds is 2. The lowest BCUT2D eigenvalue weighted by Crippen LogP contribution is -2.19. The Morgan fingerprint density at radius 2 is 2.06 bits per heavy atom. The second-order valence-corrected chi connectivity index (χ2v) is 4.24. The number of aliphatic hydroxyl groups excluding tert-OH is 1. The standard InChI is InChI=1S/C14H16O3/c1-17-12-7-5-10(6-8-12)13-4-2-3-11(9-15)14(13)16/h5-9,13,15H,2-4H2,1H3/b11-9+. The van der Waals surface area contributed by atoms with E-state index in [0.717, 1.165) is 30.4 Å². The van der Waals surface area contributed by atoms with Crippen molar-refractivity contribution in [1.29, 1.82) is 0 Å². The van der Waals surface area contributed by atoms with E-state index in [-0.39, 0.29) is 11.7 Å². The first-order chi connectivity index (χ1) is 8.26. The zero-order valence-corrected chi connectivity index (χ0v) is 9.85. The van der Waals surface area contributed by atoms with E-state index < -0.39 is 0 Å². The first-order valence-corrected chi connectivity index (χ1v) is 5.77. The van der Waals surface area contributed by atoms with Gasteiger partial charge in [-0.1, -0.05) is 12.1 Å². The molecule has 1 aliphatic carbocycles. The number of Topliss-reactive ketones (excluding diaryl/α,β-unsaturated/α-hetero) is 1. The molecule has 3 nitrogen and oxygen atoms in total. The Labute approximate surface area is 101 Å². The molecular formula is C14H16O3. The zero-order chi connectivity index (χ0) is 12.3. The number of ketones is 1. The van der Waals surface area contributed by atoms with Crippen LogP contribution in [0.1, 0.15) is 30.7 Å². The van der Waals surface area contributed by atoms with Crippen LogP contribution < -0.4 is 4.74 Å². The molecule has 1 unspecified atom stereocenters. The van der Waals surface area contributed by atoms with E-state index in [4.69, 9.17) is 9.84 Å². The van der Waals surface area contributed by atoms with Gasteiger partial charge in [-0.25, -0.2) is 0 Å². The van der Waals surface area contributed by atoms with E-state index in [0.29, 0.717) is 12.0 Å². The molecule has 0 heterocycles. The number of benzene rings is 1. The Kier molecular flexibility index (Phi) is 3.47. The van der Waals surface area contributed by atoms with Crippen LogP contribution in [0.3, 0.4) is 0 Å². The van der Waals surface area contributed by atoms with Gasteiger partial charge in [0.2, 0.25) is 0 Å². The predicted molar refractivity (Wildman–Crippen MR) is 65.3 cm³/mol. The molecular weight excluding hydrogens is 216 g/mol. The molecule has 1 aliphatic rings. The molecule has 3 heteroatoms. The molecule has 90 valence electrons. The summed E-state index contributed by atoms with van der Waals surface area (Å²) in [6.07, 6.45) is 3.43. The smallest absolute Gasteiger partial charge is 0.169 e. The summed E-state index contributed by atoms with van der Waals surface area (Å²) < 4.78 is 5.09. The topological polar surface area (TPSA) is 46.5 Å². The van der Waals surface area contributed by atoms with Gasteiger partial charge < -0.3 is 9.84 Å². The zero-order valence-electron chi connectivity index (χ0n) is 9.85. The summed E-state index contributed by atoms with van der Waals surface area (Å²) in [5, 5.41) is 9.01. The number of allylic oxidation sites excluding steroid dienone is 1. The van der Waals surface area contributed by atoms with Gasteiger partial charge in [-0.15, -0.1) is 0 Å². The first-order valence-electron chi connectivity index (χ1n) is 5.77. The summed E-state index contributed by atoms with van der Waals surface area (Å²) in [5.74, 6) is 0.715. The second-order valence-electron chi connectivity index (χ2n) is 4.24. The Bertz CT molecular complexity index is 431. The lowest BCUT2D eigenvalue weighted by molar-refractivity contribution is -0.118. The number of methoxy groups -OCH3 is 1. The minimum atomic E-state index is -0.118. The minimum absolute atomic E-state index is 0.0453. The molecule has 1 aromatic rings. The SMILES string of the molecule is COc1ccc(C2CCC/C(=C\O)C2=O)cc1. The average Bonchev–Trinajstić information content (AvgIpc) is 2.39. The van der Waals surface area contributed by atoms with Gasteiger partial charge in [0.15, 0.2) is 5.78 Å². The number of ether oxygens (including phenoxy) is 1. The van der Waals surface area contributed by atoms with Gasteiger partial charge in [0.1, 0.15) is 5.75 Å². The lowest BCUT2D eigenvalue weighted by atomic mass is 9.80. The van der Waals surface area contributed by atoms with Crippen molar-refractivity contribution in [3.63, 3.8) is 0 Å². The normalized spacial score (nSPS) is 22.8. The number of carbonyl (C=O) groups is 1. The number of hydrogen-bond acceptors (Lipinski definition) is 3. The fourth-order valence-corrected chi connectivity index (χ4v) is 2.26. The van der Waals surface area contributed by atoms with E-state index >= 15 is 0 Å². The Morgan fingerprint density at radius 1 is 1.35 bits per heavy atom. The van der Waals surface area contributed by atoms with E-state index in [2.05, 4.69) is 0 Å². The van der Waals surface area contributed by atoms with Crippen LogP contribution in [0, 0.1) is 0 Å². The molecule has 0 spiro atoms. The highest BCUT2D eigenvalue weighted by Crippen LogP contribution is 2.33. The highest BCUT2D eigenvalue weighted by atomic mass is 16.5. The summed E-state index contributed by atoms with van der Waals surface area (Å²) in [7, 11) is 1.62. The van der Waals surface area contributed by atoms with Crippen molar-refractivity contribution in [2.24, 2.45) is 0 Å². The van der Waals surface area contributed by atoms with Gasteiger partial charge in [0.05, 0.1) is 13.4 Å². The number of carbonyl (C=O) groups excluding carboxylic acids is 1. The third-order valence-corrected chi connectivity index (χ3v) is 3.25. The molecule has 1 atom stereocenters. The van der Waals surface area contributed by atoms with Crippen LogP contribution in [0.4, 0.5) is 0 Å². The molecule has 0 bridgehead atoms. The fourth-order valence-electron chi connectivity index (χ4n) is 2.26. The van der Waals surface area contributed by atoms with Crippen LogP contribution in [-0.4, -0.2) is 18.0 Å². The molecule has 1 saturated carbocycles. The maximum absolute atomic E-state index is 12.1. The van der Waals surface area contributed by atoms with Crippen molar-refractivity contribution in [1.82, 2.24) is 0 Å². The van der Waals surface area contributed by atoms with Crippen molar-refractivity contribution in [2.45, 2.75) is 25.2 Å². The molecule has 0 amide bonds. The van der Waals surface area contributed by atoms with E-state index in [1.165, 1.54) is 0 Å². The van der Waals surface area contributed by atoms with Gasteiger partial charge >= 0.3 is 0 Å². The number of hydrogen-bond donors (Lipinski definition) is 1. The van der Waals surface area contributed by atoms with Gasteiger partial charge in [0.25, 0.3) is 0 Å². The average molecular weight is 232 g/mol. The lowest BCUT2D eigenvalue weighted by Gasteiger charge is -2.22. The van der Waals surface area contributed by atoms with E-state index in [1.54, 1.807) is 7.11 Å². The predicted octanol–water partition coefficient (Wildman–Crippen LogP) is 2.97. The monoisotopic (exact) mass is 232 g/mol. The van der Waals surface area contributed by atoms with Gasteiger partial charge in [-0.2, -0.15) is 0 Å². The van der Waals surface area contributed by atoms with Crippen LogP contribution in [0.2, 0.25) is 0 Å². The maximum atomic E-state index is 12.1. The quantitative estimate of drug-likeness (QED) is 0.630. The summed E-state index contributed by atoms with van der Waals surface area (Å²) >= 11 is 0. The van der Waals surface area contributed by atoms with Crippen molar-refractivity contribution in [3.8, 4) is 5.75 Å². The summed E-state index contributed by atoms with van der Waals surface area (Å²) in [6, 6.07) is 7.56. The molecule has 0 aliphatic heterocycles. The van der Waals surface area contributed by atoms with Crippen LogP contribution in [0.15, 0.2) is 36.1 Å². The summed E-state index contributed by atoms with van der Waals surface area (Å²) in [4.78, 5) is 12.1. The Balaban J connectivity index is 2.23. The highest BCUT2D eigenvalue weighted by molar-refractivity contribution is 6.00. The van der Waals surface area contributed by atoms with Crippen LogP contribution in [0.25, 0.3) is 0 Å². The highest BCUT2D eigenvalue weighted by Gasteiger charge is 2.27.